The summed E-state index contributed by atoms with van der Waals surface area (Å²) in [5.41, 5.74) is -1.33. The molecule has 1 aromatic rings. The number of aromatic hydroxyl groups is 1. The molecule has 1 N–H and O–H groups in total. The maximum atomic E-state index is 13.6. The van der Waals surface area contributed by atoms with Crippen LogP contribution in [0.5, 0.6) is 5.75 Å². The summed E-state index contributed by atoms with van der Waals surface area (Å²) >= 11 is 0. The summed E-state index contributed by atoms with van der Waals surface area (Å²) in [7, 11) is 0. The highest BCUT2D eigenvalue weighted by Crippen LogP contribution is 2.59. The highest BCUT2D eigenvalue weighted by molar-refractivity contribution is 5.63. The molecule has 0 aliphatic rings. The van der Waals surface area contributed by atoms with E-state index in [1.54, 1.807) is 0 Å². The minimum atomic E-state index is -7.85. The predicted octanol–water partition coefficient (Wildman–Crippen LogP) is 6.10. The van der Waals surface area contributed by atoms with E-state index in [-0.39, 0.29) is 0 Å². The number of allylic oxidation sites excluding steroid dienone is 1. The highest BCUT2D eigenvalue weighted by Gasteiger charge is 2.88. The van der Waals surface area contributed by atoms with Gasteiger partial charge in [-0.05, 0) is 24.3 Å². The standard InChI is InChI=1S/C13H5F13O/c14-7(5-1-3-6(27)4-2-5)8(15)9(16,17)10(18,19)11(20,21)12(22,23)13(24,25)26/h1-4,27H. The van der Waals surface area contributed by atoms with E-state index in [0.29, 0.717) is 24.3 Å². The van der Waals surface area contributed by atoms with Crippen LogP contribution >= 0.6 is 0 Å². The van der Waals surface area contributed by atoms with Crippen LogP contribution in [-0.2, 0) is 0 Å². The maximum Gasteiger partial charge on any atom is 0.460 e. The van der Waals surface area contributed by atoms with Gasteiger partial charge in [-0.3, -0.25) is 0 Å². The van der Waals surface area contributed by atoms with Crippen LogP contribution in [-0.4, -0.2) is 35.0 Å². The molecule has 154 valence electrons. The molecule has 0 aliphatic heterocycles. The lowest BCUT2D eigenvalue weighted by molar-refractivity contribution is -0.419. The van der Waals surface area contributed by atoms with E-state index >= 15 is 0 Å². The van der Waals surface area contributed by atoms with E-state index in [0.717, 1.165) is 0 Å². The number of hydrogen-bond acceptors (Lipinski definition) is 1. The zero-order valence-corrected chi connectivity index (χ0v) is 12.2. The summed E-state index contributed by atoms with van der Waals surface area (Å²) < 4.78 is 167. The molecule has 0 fully saturated rings. The second-order valence-corrected chi connectivity index (χ2v) is 4.97. The average molecular weight is 424 g/mol. The first-order valence-electron chi connectivity index (χ1n) is 6.25. The molecule has 0 heterocycles. The lowest BCUT2D eigenvalue weighted by Gasteiger charge is -2.36. The third-order valence-corrected chi connectivity index (χ3v) is 3.13. The van der Waals surface area contributed by atoms with Gasteiger partial charge in [-0.1, -0.05) is 0 Å². The lowest BCUT2D eigenvalue weighted by Crippen LogP contribution is -2.66. The molecule has 0 atom stereocenters. The number of phenols is 1. The molecule has 0 bridgehead atoms. The molecule has 0 saturated carbocycles. The smallest absolute Gasteiger partial charge is 0.460 e. The molecule has 0 spiro atoms. The second kappa shape index (κ2) is 6.48. The van der Waals surface area contributed by atoms with Crippen LogP contribution in [0.3, 0.4) is 0 Å². The van der Waals surface area contributed by atoms with Crippen molar-refractivity contribution in [2.75, 3.05) is 0 Å². The van der Waals surface area contributed by atoms with Gasteiger partial charge in [0.15, 0.2) is 5.83 Å². The average Bonchev–Trinajstić information content (AvgIpc) is 2.52. The predicted molar refractivity (Wildman–Crippen MR) is 63.1 cm³/mol. The van der Waals surface area contributed by atoms with Crippen LogP contribution in [0, 0.1) is 0 Å². The Morgan fingerprint density at radius 1 is 0.630 bits per heavy atom. The first-order valence-corrected chi connectivity index (χ1v) is 6.25. The quantitative estimate of drug-likeness (QED) is 0.567. The molecule has 14 heteroatoms. The van der Waals surface area contributed by atoms with Crippen molar-refractivity contribution >= 4 is 5.83 Å². The zero-order chi connectivity index (χ0) is 21.6. The van der Waals surface area contributed by atoms with Crippen LogP contribution in [0.15, 0.2) is 30.1 Å². The first-order chi connectivity index (χ1) is 11.8. The summed E-state index contributed by atoms with van der Waals surface area (Å²) in [6.07, 6.45) is -7.41. The Bertz CT molecular complexity index is 715. The fourth-order valence-corrected chi connectivity index (χ4v) is 1.58. The number of alkyl halides is 11. The summed E-state index contributed by atoms with van der Waals surface area (Å²) in [5.74, 6) is -38.0. The van der Waals surface area contributed by atoms with E-state index in [1.165, 1.54) is 0 Å². The summed E-state index contributed by atoms with van der Waals surface area (Å²) in [5, 5.41) is 8.85. The topological polar surface area (TPSA) is 20.2 Å². The van der Waals surface area contributed by atoms with Gasteiger partial charge in [0, 0.05) is 5.56 Å². The largest absolute Gasteiger partial charge is 0.508 e. The summed E-state index contributed by atoms with van der Waals surface area (Å²) in [4.78, 5) is 0. The fourth-order valence-electron chi connectivity index (χ4n) is 1.58. The molecule has 1 nitrogen and oxygen atoms in total. The van der Waals surface area contributed by atoms with Crippen molar-refractivity contribution in [1.82, 2.24) is 0 Å². The molecule has 0 unspecified atom stereocenters. The van der Waals surface area contributed by atoms with Crippen molar-refractivity contribution < 1.29 is 62.2 Å². The molecule has 0 radical (unpaired) electrons. The number of rotatable bonds is 5. The highest BCUT2D eigenvalue weighted by atomic mass is 19.4. The Kier molecular flexibility index (Phi) is 5.49. The minimum Gasteiger partial charge on any atom is -0.508 e. The molecular weight excluding hydrogens is 419 g/mol. The van der Waals surface area contributed by atoms with E-state index in [4.69, 9.17) is 5.11 Å². The second-order valence-electron chi connectivity index (χ2n) is 4.97. The molecule has 27 heavy (non-hydrogen) atoms. The van der Waals surface area contributed by atoms with Crippen molar-refractivity contribution in [2.24, 2.45) is 0 Å². The van der Waals surface area contributed by atoms with Crippen molar-refractivity contribution in [3.63, 3.8) is 0 Å². The molecule has 1 rings (SSSR count). The van der Waals surface area contributed by atoms with Gasteiger partial charge in [0.1, 0.15) is 5.75 Å². The molecule has 1 aromatic carbocycles. The zero-order valence-electron chi connectivity index (χ0n) is 12.2. The molecular formula is C13H5F13O. The molecule has 0 aliphatic carbocycles. The Morgan fingerprint density at radius 2 is 1.04 bits per heavy atom. The van der Waals surface area contributed by atoms with Crippen LogP contribution in [0.25, 0.3) is 5.83 Å². The number of phenolic OH excluding ortho intramolecular Hbond substituents is 1. The van der Waals surface area contributed by atoms with Crippen molar-refractivity contribution in [2.45, 2.75) is 29.9 Å². The monoisotopic (exact) mass is 424 g/mol. The first kappa shape index (κ1) is 22.9. The third-order valence-electron chi connectivity index (χ3n) is 3.13. The van der Waals surface area contributed by atoms with Gasteiger partial charge in [-0.15, -0.1) is 0 Å². The summed E-state index contributed by atoms with van der Waals surface area (Å²) in [6.45, 7) is 0. The Balaban J connectivity index is 3.54. The van der Waals surface area contributed by atoms with Crippen LogP contribution < -0.4 is 0 Å². The third kappa shape index (κ3) is 3.40. The maximum absolute atomic E-state index is 13.6. The number of hydrogen-bond donors (Lipinski definition) is 1. The van der Waals surface area contributed by atoms with Gasteiger partial charge in [0.05, 0.1) is 0 Å². The molecule has 0 amide bonds. The molecule has 0 aromatic heterocycles. The van der Waals surface area contributed by atoms with Crippen molar-refractivity contribution in [1.29, 1.82) is 0 Å². The van der Waals surface area contributed by atoms with Crippen molar-refractivity contribution in [3.05, 3.63) is 35.7 Å². The van der Waals surface area contributed by atoms with E-state index in [1.807, 2.05) is 0 Å². The van der Waals surface area contributed by atoms with Gasteiger partial charge in [-0.2, -0.15) is 48.3 Å². The van der Waals surface area contributed by atoms with Crippen molar-refractivity contribution in [3.8, 4) is 5.75 Å². The Labute approximate surface area is 140 Å². The van der Waals surface area contributed by atoms with Crippen LogP contribution in [0.1, 0.15) is 5.56 Å². The van der Waals surface area contributed by atoms with Gasteiger partial charge < -0.3 is 5.11 Å². The number of benzene rings is 1. The van der Waals surface area contributed by atoms with Gasteiger partial charge in [-0.25, -0.2) is 8.78 Å². The molecule has 0 saturated heterocycles. The van der Waals surface area contributed by atoms with E-state index < -0.39 is 52.8 Å². The van der Waals surface area contributed by atoms with E-state index in [2.05, 4.69) is 0 Å². The Hall–Kier alpha value is -2.15. The van der Waals surface area contributed by atoms with Gasteiger partial charge in [0.2, 0.25) is 5.83 Å². The number of halogens is 13. The van der Waals surface area contributed by atoms with Gasteiger partial charge >= 0.3 is 29.9 Å². The minimum absolute atomic E-state index is 0.306. The van der Waals surface area contributed by atoms with Gasteiger partial charge in [0.25, 0.3) is 0 Å². The van der Waals surface area contributed by atoms with Crippen LogP contribution in [0.4, 0.5) is 57.1 Å². The summed E-state index contributed by atoms with van der Waals surface area (Å²) in [6, 6.07) is 1.65. The lowest BCUT2D eigenvalue weighted by atomic mass is 9.96. The Morgan fingerprint density at radius 3 is 1.41 bits per heavy atom. The fraction of sp³-hybridized carbons (Fsp3) is 0.385. The van der Waals surface area contributed by atoms with E-state index in [9.17, 15) is 57.1 Å². The van der Waals surface area contributed by atoms with Crippen LogP contribution in [0.2, 0.25) is 0 Å². The SMILES string of the molecule is Oc1ccc(C(F)=C(F)C(F)(F)C(F)(F)C(F)(F)C(F)(F)C(F)(F)F)cc1. The normalized spacial score (nSPS) is 15.6.